The molecule has 0 bridgehead atoms. The van der Waals surface area contributed by atoms with Crippen molar-refractivity contribution in [2.24, 2.45) is 23.1 Å². The van der Waals surface area contributed by atoms with Gasteiger partial charge in [0.2, 0.25) is 29.5 Å². The standard InChI is InChI=1S/C23H34N6O8/c1-3-11(2)19(29-20(33)14(24)9-17(25)31)22(35)27-15(10-18(26)32)21(34)28-16(23(36)37)8-12-4-6-13(30)7-5-12/h4-7,11,14-16,19,30H,3,8-10,24H2,1-2H3,(H2,25,31)(H2,26,32)(H,27,35)(H,28,34)(H,29,33)(H,36,37). The minimum absolute atomic E-state index is 0.0255. The number of hydrogen-bond acceptors (Lipinski definition) is 8. The summed E-state index contributed by atoms with van der Waals surface area (Å²) in [6.45, 7) is 3.39. The van der Waals surface area contributed by atoms with Gasteiger partial charge in [0, 0.05) is 6.42 Å². The number of carboxylic acids is 1. The minimum atomic E-state index is -1.55. The molecule has 14 nitrogen and oxygen atoms in total. The first-order chi connectivity index (χ1) is 17.2. The molecule has 1 rings (SSSR count). The monoisotopic (exact) mass is 522 g/mol. The van der Waals surface area contributed by atoms with Crippen LogP contribution in [0.5, 0.6) is 5.75 Å². The number of primary amides is 2. The van der Waals surface area contributed by atoms with E-state index in [-0.39, 0.29) is 12.2 Å². The van der Waals surface area contributed by atoms with Gasteiger partial charge >= 0.3 is 5.97 Å². The van der Waals surface area contributed by atoms with Gasteiger partial charge in [0.05, 0.1) is 18.9 Å². The highest BCUT2D eigenvalue weighted by atomic mass is 16.4. The van der Waals surface area contributed by atoms with Crippen LogP contribution in [-0.2, 0) is 35.2 Å². The molecule has 204 valence electrons. The zero-order valence-electron chi connectivity index (χ0n) is 20.6. The van der Waals surface area contributed by atoms with Gasteiger partial charge in [-0.15, -0.1) is 0 Å². The molecule has 0 saturated heterocycles. The number of phenolic OH excluding ortho intramolecular Hbond substituents is 1. The van der Waals surface area contributed by atoms with Crippen LogP contribution < -0.4 is 33.2 Å². The van der Waals surface area contributed by atoms with Crippen LogP contribution >= 0.6 is 0 Å². The van der Waals surface area contributed by atoms with Gasteiger partial charge in [-0.05, 0) is 23.6 Å². The van der Waals surface area contributed by atoms with E-state index in [1.54, 1.807) is 13.8 Å². The first kappa shape index (κ1) is 30.8. The highest BCUT2D eigenvalue weighted by Gasteiger charge is 2.33. The number of nitrogens with one attached hydrogen (secondary N) is 3. The fourth-order valence-corrected chi connectivity index (χ4v) is 3.28. The molecule has 0 heterocycles. The van der Waals surface area contributed by atoms with E-state index in [0.717, 1.165) is 0 Å². The molecule has 0 aromatic heterocycles. The van der Waals surface area contributed by atoms with Crippen molar-refractivity contribution >= 4 is 35.5 Å². The Morgan fingerprint density at radius 2 is 1.38 bits per heavy atom. The summed E-state index contributed by atoms with van der Waals surface area (Å²) in [6, 6.07) is 0.168. The van der Waals surface area contributed by atoms with Crippen molar-refractivity contribution in [3.8, 4) is 5.75 Å². The molecule has 14 heteroatoms. The highest BCUT2D eigenvalue weighted by molar-refractivity contribution is 5.96. The molecule has 5 unspecified atom stereocenters. The Kier molecular flexibility index (Phi) is 12.0. The summed E-state index contributed by atoms with van der Waals surface area (Å²) in [7, 11) is 0. The number of carbonyl (C=O) groups excluding carboxylic acids is 5. The number of carboxylic acid groups (broad SMARTS) is 1. The van der Waals surface area contributed by atoms with Crippen molar-refractivity contribution in [1.29, 1.82) is 0 Å². The van der Waals surface area contributed by atoms with E-state index in [1.165, 1.54) is 24.3 Å². The van der Waals surface area contributed by atoms with Gasteiger partial charge in [-0.2, -0.15) is 0 Å². The molecule has 0 saturated carbocycles. The molecule has 0 spiro atoms. The average Bonchev–Trinajstić information content (AvgIpc) is 2.81. The maximum Gasteiger partial charge on any atom is 0.326 e. The van der Waals surface area contributed by atoms with Crippen LogP contribution in [0.2, 0.25) is 0 Å². The van der Waals surface area contributed by atoms with Crippen LogP contribution in [0, 0.1) is 5.92 Å². The molecular weight excluding hydrogens is 488 g/mol. The maximum atomic E-state index is 13.0. The SMILES string of the molecule is CCC(C)C(NC(=O)C(N)CC(N)=O)C(=O)NC(CC(N)=O)C(=O)NC(Cc1ccc(O)cc1)C(=O)O. The maximum absolute atomic E-state index is 13.0. The second-order valence-corrected chi connectivity index (χ2v) is 8.65. The highest BCUT2D eigenvalue weighted by Crippen LogP contribution is 2.12. The van der Waals surface area contributed by atoms with Crippen LogP contribution in [0.1, 0.15) is 38.7 Å². The van der Waals surface area contributed by atoms with E-state index in [1.807, 2.05) is 0 Å². The van der Waals surface area contributed by atoms with E-state index >= 15 is 0 Å². The van der Waals surface area contributed by atoms with E-state index < -0.39 is 78.4 Å². The Labute approximate surface area is 213 Å². The fraction of sp³-hybridized carbons (Fsp3) is 0.478. The third-order valence-electron chi connectivity index (χ3n) is 5.58. The van der Waals surface area contributed by atoms with Crippen molar-refractivity contribution in [3.63, 3.8) is 0 Å². The van der Waals surface area contributed by atoms with E-state index in [0.29, 0.717) is 12.0 Å². The van der Waals surface area contributed by atoms with Gasteiger partial charge in [0.15, 0.2) is 0 Å². The fourth-order valence-electron chi connectivity index (χ4n) is 3.28. The predicted molar refractivity (Wildman–Crippen MR) is 130 cm³/mol. The zero-order chi connectivity index (χ0) is 28.3. The van der Waals surface area contributed by atoms with E-state index in [4.69, 9.17) is 17.2 Å². The van der Waals surface area contributed by atoms with Crippen LogP contribution in [0.4, 0.5) is 0 Å². The Hall–Kier alpha value is -4.20. The number of amides is 5. The molecule has 11 N–H and O–H groups in total. The number of nitrogens with two attached hydrogens (primary N) is 3. The first-order valence-corrected chi connectivity index (χ1v) is 11.5. The number of aliphatic carboxylic acids is 1. The molecule has 0 radical (unpaired) electrons. The van der Waals surface area contributed by atoms with E-state index in [2.05, 4.69) is 16.0 Å². The van der Waals surface area contributed by atoms with Crippen LogP contribution in [0.25, 0.3) is 0 Å². The van der Waals surface area contributed by atoms with Crippen LogP contribution in [0.3, 0.4) is 0 Å². The van der Waals surface area contributed by atoms with Gasteiger partial charge in [0.25, 0.3) is 0 Å². The van der Waals surface area contributed by atoms with Crippen molar-refractivity contribution in [1.82, 2.24) is 16.0 Å². The largest absolute Gasteiger partial charge is 0.508 e. The molecule has 0 aliphatic rings. The van der Waals surface area contributed by atoms with Gasteiger partial charge in [-0.25, -0.2) is 4.79 Å². The lowest BCUT2D eigenvalue weighted by atomic mass is 9.97. The Morgan fingerprint density at radius 1 is 0.838 bits per heavy atom. The molecule has 1 aromatic carbocycles. The molecule has 0 aliphatic carbocycles. The van der Waals surface area contributed by atoms with E-state index in [9.17, 15) is 39.0 Å². The topological polar surface area (TPSA) is 257 Å². The minimum Gasteiger partial charge on any atom is -0.508 e. The first-order valence-electron chi connectivity index (χ1n) is 11.5. The number of aromatic hydroxyl groups is 1. The summed E-state index contributed by atoms with van der Waals surface area (Å²) >= 11 is 0. The molecule has 5 amide bonds. The van der Waals surface area contributed by atoms with Gasteiger partial charge in [0.1, 0.15) is 23.9 Å². The summed E-state index contributed by atoms with van der Waals surface area (Å²) in [5, 5.41) is 26.0. The zero-order valence-corrected chi connectivity index (χ0v) is 20.6. The second-order valence-electron chi connectivity index (χ2n) is 8.65. The third-order valence-corrected chi connectivity index (χ3v) is 5.58. The second kappa shape index (κ2) is 14.4. The lowest BCUT2D eigenvalue weighted by molar-refractivity contribution is -0.142. The number of phenols is 1. The summed E-state index contributed by atoms with van der Waals surface area (Å²) in [5.41, 5.74) is 16.4. The van der Waals surface area contributed by atoms with Crippen molar-refractivity contribution < 1.29 is 39.0 Å². The smallest absolute Gasteiger partial charge is 0.326 e. The summed E-state index contributed by atoms with van der Waals surface area (Å²) in [5.74, 6) is -6.28. The molecule has 37 heavy (non-hydrogen) atoms. The van der Waals surface area contributed by atoms with Crippen molar-refractivity contribution in [2.75, 3.05) is 0 Å². The summed E-state index contributed by atoms with van der Waals surface area (Å²) in [4.78, 5) is 72.7. The number of hydrogen-bond donors (Lipinski definition) is 8. The molecular formula is C23H34N6O8. The Balaban J connectivity index is 3.05. The van der Waals surface area contributed by atoms with Crippen molar-refractivity contribution in [2.45, 2.75) is 63.7 Å². The lowest BCUT2D eigenvalue weighted by Crippen LogP contribution is -2.59. The number of rotatable bonds is 15. The normalized spacial score (nSPS) is 14.8. The molecule has 0 fully saturated rings. The van der Waals surface area contributed by atoms with Gasteiger partial charge < -0.3 is 43.4 Å². The average molecular weight is 523 g/mol. The summed E-state index contributed by atoms with van der Waals surface area (Å²) in [6.07, 6.45) is -0.831. The Bertz CT molecular complexity index is 999. The quantitative estimate of drug-likeness (QED) is 0.122. The molecule has 0 aliphatic heterocycles. The third kappa shape index (κ3) is 10.5. The predicted octanol–water partition coefficient (Wildman–Crippen LogP) is -2.40. The number of carbonyl (C=O) groups is 6. The van der Waals surface area contributed by atoms with Crippen LogP contribution in [-0.4, -0.2) is 69.9 Å². The number of benzene rings is 1. The van der Waals surface area contributed by atoms with Crippen LogP contribution in [0.15, 0.2) is 24.3 Å². The Morgan fingerprint density at radius 3 is 1.86 bits per heavy atom. The molecule has 5 atom stereocenters. The van der Waals surface area contributed by atoms with Crippen molar-refractivity contribution in [3.05, 3.63) is 29.8 Å². The lowest BCUT2D eigenvalue weighted by Gasteiger charge is -2.27. The van der Waals surface area contributed by atoms with Gasteiger partial charge in [-0.1, -0.05) is 32.4 Å². The van der Waals surface area contributed by atoms with Gasteiger partial charge in [-0.3, -0.25) is 24.0 Å². The summed E-state index contributed by atoms with van der Waals surface area (Å²) < 4.78 is 0. The molecule has 1 aromatic rings.